The Hall–Kier alpha value is -3.63. The second-order valence-electron chi connectivity index (χ2n) is 8.89. The maximum Gasteiger partial charge on any atom is 0.240 e. The molecule has 1 unspecified atom stereocenters. The molecule has 5 rings (SSSR count). The van der Waals surface area contributed by atoms with Gasteiger partial charge in [-0.2, -0.15) is 5.10 Å². The van der Waals surface area contributed by atoms with Crippen molar-refractivity contribution >= 4 is 21.4 Å². The van der Waals surface area contributed by atoms with Crippen molar-refractivity contribution in [3.05, 3.63) is 66.0 Å². The minimum absolute atomic E-state index is 0.204. The lowest BCUT2D eigenvalue weighted by Gasteiger charge is -2.20. The Bertz CT molecular complexity index is 1520. The first-order valence-corrected chi connectivity index (χ1v) is 13.2. The maximum absolute atomic E-state index is 12.8. The number of aryl methyl sites for hydroxylation is 2. The third-order valence-electron chi connectivity index (χ3n) is 6.42. The summed E-state index contributed by atoms with van der Waals surface area (Å²) in [5.74, 6) is 1.28. The Balaban J connectivity index is 1.48. The van der Waals surface area contributed by atoms with E-state index in [-0.39, 0.29) is 10.9 Å². The molecule has 1 N–H and O–H groups in total. The van der Waals surface area contributed by atoms with E-state index >= 15 is 0 Å². The molecular weight excluding hydrogens is 478 g/mol. The first-order valence-electron chi connectivity index (χ1n) is 11.7. The van der Waals surface area contributed by atoms with Gasteiger partial charge in [0.1, 0.15) is 0 Å². The summed E-state index contributed by atoms with van der Waals surface area (Å²) in [6.45, 7) is 5.16. The zero-order valence-electron chi connectivity index (χ0n) is 20.7. The lowest BCUT2D eigenvalue weighted by Crippen LogP contribution is -2.37. The largest absolute Gasteiger partial charge is 0.493 e. The normalized spacial score (nSPS) is 16.0. The van der Waals surface area contributed by atoms with Crippen LogP contribution in [-0.4, -0.2) is 56.4 Å². The van der Waals surface area contributed by atoms with Crippen molar-refractivity contribution in [3.63, 3.8) is 0 Å². The highest BCUT2D eigenvalue weighted by molar-refractivity contribution is 7.89. The highest BCUT2D eigenvalue weighted by atomic mass is 32.2. The zero-order valence-corrected chi connectivity index (χ0v) is 21.5. The van der Waals surface area contributed by atoms with Gasteiger partial charge in [-0.3, -0.25) is 0 Å². The van der Waals surface area contributed by atoms with Crippen molar-refractivity contribution in [2.24, 2.45) is 0 Å². The Morgan fingerprint density at radius 1 is 1.00 bits per heavy atom. The van der Waals surface area contributed by atoms with Crippen molar-refractivity contribution in [1.29, 1.82) is 0 Å². The van der Waals surface area contributed by atoms with E-state index in [4.69, 9.17) is 19.6 Å². The van der Waals surface area contributed by atoms with Crippen LogP contribution in [0.2, 0.25) is 0 Å². The average Bonchev–Trinajstić information content (AvgIpc) is 3.46. The first kappa shape index (κ1) is 24.1. The van der Waals surface area contributed by atoms with Crippen LogP contribution in [0.25, 0.3) is 16.9 Å². The monoisotopic (exact) mass is 507 g/mol. The van der Waals surface area contributed by atoms with Crippen molar-refractivity contribution in [2.75, 3.05) is 32.2 Å². The van der Waals surface area contributed by atoms with Crippen LogP contribution in [0.15, 0.2) is 59.5 Å². The van der Waals surface area contributed by atoms with Gasteiger partial charge in [-0.25, -0.2) is 22.6 Å². The average molecular weight is 508 g/mol. The number of benzene rings is 2. The summed E-state index contributed by atoms with van der Waals surface area (Å²) in [7, 11) is -0.364. The number of aromatic nitrogens is 3. The first-order chi connectivity index (χ1) is 17.3. The van der Waals surface area contributed by atoms with Crippen LogP contribution in [-0.2, 0) is 10.0 Å². The van der Waals surface area contributed by atoms with Crippen LogP contribution >= 0.6 is 0 Å². The van der Waals surface area contributed by atoms with E-state index in [1.807, 2.05) is 42.6 Å². The van der Waals surface area contributed by atoms with Gasteiger partial charge in [-0.1, -0.05) is 18.2 Å². The summed E-state index contributed by atoms with van der Waals surface area (Å²) >= 11 is 0. The second kappa shape index (κ2) is 9.44. The third kappa shape index (κ3) is 4.38. The molecule has 1 atom stereocenters. The molecule has 188 valence electrons. The number of anilines is 1. The summed E-state index contributed by atoms with van der Waals surface area (Å²) in [4.78, 5) is 7.31. The Labute approximate surface area is 210 Å². The fraction of sp³-hybridized carbons (Fsp3) is 0.308. The fourth-order valence-electron chi connectivity index (χ4n) is 4.74. The Kier molecular flexibility index (Phi) is 6.31. The number of hydrogen-bond donors (Lipinski definition) is 1. The highest BCUT2D eigenvalue weighted by Gasteiger charge is 2.29. The number of rotatable bonds is 7. The van der Waals surface area contributed by atoms with E-state index in [1.165, 1.54) is 0 Å². The highest BCUT2D eigenvalue weighted by Crippen LogP contribution is 2.35. The van der Waals surface area contributed by atoms with Crippen LogP contribution in [0.1, 0.15) is 17.8 Å². The van der Waals surface area contributed by atoms with Crippen LogP contribution in [0.3, 0.4) is 0 Å². The number of fused-ring (bicyclic) bond motifs is 1. The van der Waals surface area contributed by atoms with Crippen molar-refractivity contribution in [1.82, 2.24) is 19.3 Å². The van der Waals surface area contributed by atoms with E-state index in [9.17, 15) is 8.42 Å². The molecule has 9 nitrogen and oxygen atoms in total. The van der Waals surface area contributed by atoms with Crippen molar-refractivity contribution in [3.8, 4) is 22.8 Å². The molecule has 2 aromatic carbocycles. The Morgan fingerprint density at radius 3 is 2.47 bits per heavy atom. The number of methoxy groups -OCH3 is 2. The molecular formula is C26H29N5O4S. The molecule has 0 radical (unpaired) electrons. The third-order valence-corrected chi connectivity index (χ3v) is 7.96. The van der Waals surface area contributed by atoms with Crippen LogP contribution in [0.5, 0.6) is 11.5 Å². The van der Waals surface area contributed by atoms with E-state index < -0.39 is 10.0 Å². The molecule has 2 aromatic heterocycles. The lowest BCUT2D eigenvalue weighted by atomic mass is 10.1. The standard InChI is InChI=1S/C26H29N5O4S/c1-17-14-22(30-13-12-20(16-30)29-36(32,33)21-8-6-5-7-9-21)26-27-18(2)25(31(26)28-17)19-10-11-23(34-3)24(15-19)35-4/h5-11,14-15,20,29H,12-13,16H2,1-4H3. The van der Waals surface area contributed by atoms with Gasteiger partial charge in [-0.15, -0.1) is 0 Å². The topological polar surface area (TPSA) is 98.1 Å². The number of nitrogens with zero attached hydrogens (tertiary/aromatic N) is 4. The van der Waals surface area contributed by atoms with Gasteiger partial charge in [0.25, 0.3) is 0 Å². The molecule has 0 spiro atoms. The maximum atomic E-state index is 12.8. The molecule has 1 fully saturated rings. The molecule has 1 aliphatic heterocycles. The Morgan fingerprint density at radius 2 is 1.75 bits per heavy atom. The van der Waals surface area contributed by atoms with Gasteiger partial charge in [0.2, 0.25) is 10.0 Å². The van der Waals surface area contributed by atoms with Gasteiger partial charge in [0.15, 0.2) is 17.1 Å². The number of nitrogens with one attached hydrogen (secondary N) is 1. The minimum atomic E-state index is -3.58. The minimum Gasteiger partial charge on any atom is -0.493 e. The van der Waals surface area contributed by atoms with Crippen LogP contribution in [0, 0.1) is 13.8 Å². The van der Waals surface area contributed by atoms with Crippen molar-refractivity contribution in [2.45, 2.75) is 31.2 Å². The molecule has 0 aliphatic carbocycles. The summed E-state index contributed by atoms with van der Waals surface area (Å²) in [6, 6.07) is 16.0. The van der Waals surface area contributed by atoms with Gasteiger partial charge in [0.05, 0.1) is 41.9 Å². The summed E-state index contributed by atoms with van der Waals surface area (Å²) in [5, 5.41) is 4.76. The second-order valence-corrected chi connectivity index (χ2v) is 10.6. The van der Waals surface area contributed by atoms with Crippen molar-refractivity contribution < 1.29 is 17.9 Å². The molecule has 36 heavy (non-hydrogen) atoms. The fourth-order valence-corrected chi connectivity index (χ4v) is 6.02. The van der Waals surface area contributed by atoms with E-state index in [0.29, 0.717) is 31.0 Å². The molecule has 0 bridgehead atoms. The summed E-state index contributed by atoms with van der Waals surface area (Å²) in [5.41, 5.74) is 5.12. The SMILES string of the molecule is COc1ccc(-c2c(C)nc3c(N4CCC(NS(=O)(=O)c5ccccc5)C4)cc(C)nn23)cc1OC. The summed E-state index contributed by atoms with van der Waals surface area (Å²) in [6.07, 6.45) is 0.696. The number of sulfonamides is 1. The number of hydrogen-bond acceptors (Lipinski definition) is 7. The lowest BCUT2D eigenvalue weighted by molar-refractivity contribution is 0.355. The number of ether oxygens (including phenoxy) is 2. The molecule has 1 saturated heterocycles. The van der Waals surface area contributed by atoms with Gasteiger partial charge in [-0.05, 0) is 56.7 Å². The molecule has 3 heterocycles. The quantitative estimate of drug-likeness (QED) is 0.408. The van der Waals surface area contributed by atoms with Gasteiger partial charge < -0.3 is 14.4 Å². The van der Waals surface area contributed by atoms with E-state index in [1.54, 1.807) is 44.6 Å². The zero-order chi connectivity index (χ0) is 25.4. The van der Waals surface area contributed by atoms with Gasteiger partial charge in [0, 0.05) is 24.7 Å². The predicted molar refractivity (Wildman–Crippen MR) is 138 cm³/mol. The molecule has 0 amide bonds. The smallest absolute Gasteiger partial charge is 0.240 e. The van der Waals surface area contributed by atoms with Gasteiger partial charge >= 0.3 is 0 Å². The van der Waals surface area contributed by atoms with E-state index in [2.05, 4.69) is 9.62 Å². The molecule has 4 aromatic rings. The van der Waals surface area contributed by atoms with Crippen LogP contribution in [0.4, 0.5) is 5.69 Å². The predicted octanol–water partition coefficient (Wildman–Crippen LogP) is 3.59. The molecule has 1 aliphatic rings. The molecule has 0 saturated carbocycles. The molecule has 10 heteroatoms. The van der Waals surface area contributed by atoms with Crippen LogP contribution < -0.4 is 19.1 Å². The summed E-state index contributed by atoms with van der Waals surface area (Å²) < 4.78 is 41.3. The number of imidazole rings is 1. The van der Waals surface area contributed by atoms with E-state index in [0.717, 1.165) is 34.0 Å².